The SMILES string of the molecule is CC(=O)OC[C@H]1O[C@H](O[C@]2(COC(C)=O)O[C@H](CO[Si](c3ccccc3)(c3ccccc3)C(C)(C)C)[C@@H](OCc3ccccc3)[C@@H]2OCc2ccccc2)[C@H](OCc2ccccc2)[C@@H](OCc2ccccc2)[C@@H]1OCc1ccccc1. The van der Waals surface area contributed by atoms with Gasteiger partial charge in [0.1, 0.15) is 55.9 Å². The molecule has 0 amide bonds. The van der Waals surface area contributed by atoms with Crippen molar-refractivity contribution in [3.8, 4) is 0 Å². The zero-order valence-corrected chi connectivity index (χ0v) is 47.8. The van der Waals surface area contributed by atoms with E-state index in [2.05, 4.69) is 45.0 Å². The van der Waals surface area contributed by atoms with Crippen LogP contribution < -0.4 is 10.4 Å². The Bertz CT molecular complexity index is 2930. The van der Waals surface area contributed by atoms with Crippen molar-refractivity contribution in [3.05, 3.63) is 240 Å². The highest BCUT2D eigenvalue weighted by atomic mass is 28.4. The van der Waals surface area contributed by atoms with Gasteiger partial charge in [-0.3, -0.25) is 9.59 Å². The Morgan fingerprint density at radius 2 is 0.815 bits per heavy atom. The Morgan fingerprint density at radius 3 is 1.22 bits per heavy atom. The molecule has 9 rings (SSSR count). The van der Waals surface area contributed by atoms with Gasteiger partial charge in [0, 0.05) is 13.8 Å². The Labute approximate surface area is 477 Å². The third kappa shape index (κ3) is 15.3. The highest BCUT2D eigenvalue weighted by molar-refractivity contribution is 6.99. The Morgan fingerprint density at radius 1 is 0.444 bits per heavy atom. The van der Waals surface area contributed by atoms with Crippen LogP contribution in [0.25, 0.3) is 0 Å². The molecule has 2 aliphatic rings. The van der Waals surface area contributed by atoms with Crippen LogP contribution in [0.3, 0.4) is 0 Å². The number of hydrogen-bond donors (Lipinski definition) is 0. The fourth-order valence-electron chi connectivity index (χ4n) is 10.7. The molecular formula is C67H74O13Si. The molecule has 0 aromatic heterocycles. The molecule has 0 saturated carbocycles. The molecule has 2 saturated heterocycles. The summed E-state index contributed by atoms with van der Waals surface area (Å²) in [6, 6.07) is 69.6. The number of carbonyl (C=O) groups is 2. The van der Waals surface area contributed by atoms with Crippen LogP contribution in [0.15, 0.2) is 212 Å². The minimum Gasteiger partial charge on any atom is -0.463 e. The number of carbonyl (C=O) groups excluding carboxylic acids is 2. The van der Waals surface area contributed by atoms with Crippen LogP contribution in [0.1, 0.15) is 62.4 Å². The van der Waals surface area contributed by atoms with Gasteiger partial charge in [-0.2, -0.15) is 0 Å². The van der Waals surface area contributed by atoms with Crippen molar-refractivity contribution in [2.75, 3.05) is 19.8 Å². The second-order valence-electron chi connectivity index (χ2n) is 21.4. The molecule has 0 spiro atoms. The second-order valence-corrected chi connectivity index (χ2v) is 25.8. The number of benzene rings is 7. The molecule has 424 valence electrons. The van der Waals surface area contributed by atoms with Gasteiger partial charge in [-0.1, -0.05) is 233 Å². The van der Waals surface area contributed by atoms with Crippen molar-refractivity contribution in [2.45, 2.75) is 127 Å². The molecule has 7 aromatic carbocycles. The molecule has 2 aliphatic heterocycles. The van der Waals surface area contributed by atoms with E-state index in [4.69, 9.17) is 51.8 Å². The maximum Gasteiger partial charge on any atom is 0.302 e. The van der Waals surface area contributed by atoms with E-state index in [9.17, 15) is 9.59 Å². The molecule has 81 heavy (non-hydrogen) atoms. The van der Waals surface area contributed by atoms with Gasteiger partial charge in [0.2, 0.25) is 5.79 Å². The largest absolute Gasteiger partial charge is 0.463 e. The van der Waals surface area contributed by atoms with E-state index < -0.39 is 86.7 Å². The molecule has 0 bridgehead atoms. The average molecular weight is 1120 g/mol. The van der Waals surface area contributed by atoms with E-state index >= 15 is 0 Å². The fraction of sp³-hybridized carbons (Fsp3) is 0.343. The normalized spacial score (nSPS) is 22.9. The summed E-state index contributed by atoms with van der Waals surface area (Å²) in [6.07, 6.45) is -8.36. The van der Waals surface area contributed by atoms with Gasteiger partial charge < -0.3 is 51.8 Å². The van der Waals surface area contributed by atoms with Crippen molar-refractivity contribution in [1.82, 2.24) is 0 Å². The van der Waals surface area contributed by atoms with Gasteiger partial charge in [0.15, 0.2) is 6.29 Å². The van der Waals surface area contributed by atoms with Gasteiger partial charge in [-0.25, -0.2) is 0 Å². The fourth-order valence-corrected chi connectivity index (χ4v) is 15.3. The maximum absolute atomic E-state index is 13.3. The molecular weight excluding hydrogens is 1040 g/mol. The number of hydrogen-bond acceptors (Lipinski definition) is 13. The minimum absolute atomic E-state index is 0.00410. The molecule has 2 heterocycles. The zero-order chi connectivity index (χ0) is 56.5. The van der Waals surface area contributed by atoms with E-state index in [0.29, 0.717) is 0 Å². The molecule has 7 aromatic rings. The summed E-state index contributed by atoms with van der Waals surface area (Å²) in [5, 5.41) is 1.73. The van der Waals surface area contributed by atoms with Crippen LogP contribution in [0.2, 0.25) is 5.04 Å². The van der Waals surface area contributed by atoms with Crippen molar-refractivity contribution in [2.24, 2.45) is 0 Å². The van der Waals surface area contributed by atoms with E-state index in [-0.39, 0.29) is 46.2 Å². The predicted molar refractivity (Wildman–Crippen MR) is 309 cm³/mol. The predicted octanol–water partition coefficient (Wildman–Crippen LogP) is 10.5. The highest BCUT2D eigenvalue weighted by Gasteiger charge is 2.63. The molecule has 0 radical (unpaired) electrons. The maximum atomic E-state index is 13.3. The first-order valence-corrected chi connectivity index (χ1v) is 29.6. The monoisotopic (exact) mass is 1110 g/mol. The molecule has 0 N–H and O–H groups in total. The lowest BCUT2D eigenvalue weighted by Crippen LogP contribution is -2.67. The number of esters is 2. The number of ether oxygens (including phenoxy) is 10. The van der Waals surface area contributed by atoms with Gasteiger partial charge in [-0.15, -0.1) is 0 Å². The van der Waals surface area contributed by atoms with Gasteiger partial charge in [0.25, 0.3) is 8.32 Å². The van der Waals surface area contributed by atoms with Crippen LogP contribution in [0.4, 0.5) is 0 Å². The van der Waals surface area contributed by atoms with Crippen LogP contribution in [0.5, 0.6) is 0 Å². The summed E-state index contributed by atoms with van der Waals surface area (Å²) in [5.41, 5.74) is 4.43. The van der Waals surface area contributed by atoms with E-state index in [1.165, 1.54) is 13.8 Å². The zero-order valence-electron chi connectivity index (χ0n) is 46.8. The van der Waals surface area contributed by atoms with E-state index in [1.807, 2.05) is 188 Å². The van der Waals surface area contributed by atoms with Gasteiger partial charge in [0.05, 0.1) is 39.6 Å². The summed E-state index contributed by atoms with van der Waals surface area (Å²) in [4.78, 5) is 26.1. The summed E-state index contributed by atoms with van der Waals surface area (Å²) in [7, 11) is -3.24. The smallest absolute Gasteiger partial charge is 0.302 e. The van der Waals surface area contributed by atoms with Crippen molar-refractivity contribution in [3.63, 3.8) is 0 Å². The Kier molecular flexibility index (Phi) is 20.6. The summed E-state index contributed by atoms with van der Waals surface area (Å²) in [5.74, 6) is -3.12. The average Bonchev–Trinajstić information content (AvgIpc) is 3.84. The lowest BCUT2D eigenvalue weighted by molar-refractivity contribution is -0.396. The van der Waals surface area contributed by atoms with Crippen LogP contribution in [-0.2, 0) is 94.4 Å². The minimum atomic E-state index is -3.24. The molecule has 0 unspecified atom stereocenters. The summed E-state index contributed by atoms with van der Waals surface area (Å²) in [6.45, 7) is 9.23. The van der Waals surface area contributed by atoms with Crippen LogP contribution in [-0.4, -0.2) is 94.9 Å². The van der Waals surface area contributed by atoms with Crippen molar-refractivity contribution < 1.29 is 61.4 Å². The molecule has 13 nitrogen and oxygen atoms in total. The van der Waals surface area contributed by atoms with Gasteiger partial charge >= 0.3 is 11.9 Å². The summed E-state index contributed by atoms with van der Waals surface area (Å²) < 4.78 is 76.9. The Balaban J connectivity index is 1.19. The third-order valence-corrected chi connectivity index (χ3v) is 19.6. The molecule has 2 fully saturated rings. The van der Waals surface area contributed by atoms with Crippen LogP contribution in [0, 0.1) is 0 Å². The molecule has 9 atom stereocenters. The molecule has 14 heteroatoms. The van der Waals surface area contributed by atoms with E-state index in [1.54, 1.807) is 0 Å². The van der Waals surface area contributed by atoms with Crippen molar-refractivity contribution in [1.29, 1.82) is 0 Å². The van der Waals surface area contributed by atoms with E-state index in [0.717, 1.165) is 38.2 Å². The van der Waals surface area contributed by atoms with Crippen molar-refractivity contribution >= 4 is 30.6 Å². The number of rotatable bonds is 26. The second kappa shape index (κ2) is 28.4. The van der Waals surface area contributed by atoms with Crippen LogP contribution >= 0.6 is 0 Å². The standard InChI is InChI=1S/C67H74O13Si/c1-49(68)70-46-58-60(71-41-51-27-13-6-14-28-51)62(73-43-53-31-17-8-18-32-53)63(74-44-54-33-19-9-20-34-54)65(78-58)80-67(48-76-50(2)69)64(75-45-55-35-21-10-22-36-55)61(72-42-52-29-15-7-16-30-52)59(79-67)47-77-81(66(3,4)5,56-37-23-11-24-38-56)57-39-25-12-26-40-57/h6-40,58-65H,41-48H2,1-5H3/t58-,59-,60-,61-,62+,63-,64+,65-,67+/m1/s1. The van der Waals surface area contributed by atoms with Gasteiger partial charge in [-0.05, 0) is 43.2 Å². The Hall–Kier alpha value is -6.66. The first-order chi connectivity index (χ1) is 39.4. The first-order valence-electron chi connectivity index (χ1n) is 27.7. The first kappa shape index (κ1) is 59.0. The molecule has 0 aliphatic carbocycles. The lowest BCUT2D eigenvalue weighted by atomic mass is 9.97. The highest BCUT2D eigenvalue weighted by Crippen LogP contribution is 2.44. The lowest BCUT2D eigenvalue weighted by Gasteiger charge is -2.48. The third-order valence-electron chi connectivity index (χ3n) is 14.6. The topological polar surface area (TPSA) is 136 Å². The quantitative estimate of drug-likeness (QED) is 0.0376. The summed E-state index contributed by atoms with van der Waals surface area (Å²) >= 11 is 0.